The molecule has 0 aliphatic rings. The van der Waals surface area contributed by atoms with E-state index in [1.54, 1.807) is 0 Å². The minimum atomic E-state index is -0.517. The molecule has 1 rings (SSSR count). The molecule has 1 aromatic rings. The van der Waals surface area contributed by atoms with E-state index in [0.29, 0.717) is 13.0 Å². The van der Waals surface area contributed by atoms with Gasteiger partial charge in [0, 0.05) is 0 Å². The average molecular weight is 237 g/mol. The highest BCUT2D eigenvalue weighted by Gasteiger charge is 2.12. The number of carbonyl (C=O) groups excluding carboxylic acids is 1. The van der Waals surface area contributed by atoms with Crippen LogP contribution in [0, 0.1) is 0 Å². The van der Waals surface area contributed by atoms with E-state index in [4.69, 9.17) is 10.5 Å². The molecule has 0 amide bonds. The van der Waals surface area contributed by atoms with Crippen LogP contribution in [-0.2, 0) is 9.53 Å². The Morgan fingerprint density at radius 1 is 1.29 bits per heavy atom. The van der Waals surface area contributed by atoms with Crippen molar-refractivity contribution in [2.45, 2.75) is 25.3 Å². The van der Waals surface area contributed by atoms with Gasteiger partial charge in [0.25, 0.3) is 0 Å². The highest BCUT2D eigenvalue weighted by Crippen LogP contribution is 2.09. The Bertz CT molecular complexity index is 327. The number of esters is 1. The van der Waals surface area contributed by atoms with Crippen LogP contribution in [0.1, 0.15) is 19.3 Å². The molecular weight excluding hydrogens is 218 g/mol. The fourth-order valence-electron chi connectivity index (χ4n) is 1.44. The van der Waals surface area contributed by atoms with Crippen LogP contribution < -0.4 is 10.5 Å². The van der Waals surface area contributed by atoms with Crippen molar-refractivity contribution in [3.8, 4) is 5.75 Å². The van der Waals surface area contributed by atoms with Gasteiger partial charge in [-0.2, -0.15) is 0 Å². The summed E-state index contributed by atoms with van der Waals surface area (Å²) in [6, 6.07) is 9.13. The fourth-order valence-corrected chi connectivity index (χ4v) is 1.44. The number of hydrogen-bond acceptors (Lipinski definition) is 4. The van der Waals surface area contributed by atoms with Crippen molar-refractivity contribution in [2.75, 3.05) is 13.7 Å². The zero-order valence-corrected chi connectivity index (χ0v) is 10.1. The summed E-state index contributed by atoms with van der Waals surface area (Å²) in [5, 5.41) is 0. The molecule has 0 bridgehead atoms. The van der Waals surface area contributed by atoms with E-state index in [1.165, 1.54) is 7.11 Å². The second kappa shape index (κ2) is 7.68. The van der Waals surface area contributed by atoms with E-state index >= 15 is 0 Å². The molecular formula is C13H19NO3. The molecule has 1 unspecified atom stereocenters. The van der Waals surface area contributed by atoms with Crippen molar-refractivity contribution in [2.24, 2.45) is 5.73 Å². The van der Waals surface area contributed by atoms with Crippen LogP contribution in [0.2, 0.25) is 0 Å². The van der Waals surface area contributed by atoms with Gasteiger partial charge < -0.3 is 15.2 Å². The molecule has 0 saturated heterocycles. The minimum Gasteiger partial charge on any atom is -0.494 e. The van der Waals surface area contributed by atoms with Gasteiger partial charge in [-0.25, -0.2) is 0 Å². The van der Waals surface area contributed by atoms with Crippen LogP contribution in [0.4, 0.5) is 0 Å². The van der Waals surface area contributed by atoms with Gasteiger partial charge >= 0.3 is 5.97 Å². The molecule has 1 aromatic carbocycles. The lowest BCUT2D eigenvalue weighted by atomic mass is 10.1. The van der Waals surface area contributed by atoms with Crippen molar-refractivity contribution in [3.05, 3.63) is 30.3 Å². The molecule has 0 heterocycles. The Balaban J connectivity index is 2.07. The first-order valence-corrected chi connectivity index (χ1v) is 5.75. The lowest BCUT2D eigenvalue weighted by Gasteiger charge is -2.09. The number of hydrogen-bond donors (Lipinski definition) is 1. The molecule has 4 heteroatoms. The Morgan fingerprint density at radius 3 is 2.65 bits per heavy atom. The Labute approximate surface area is 102 Å². The van der Waals surface area contributed by atoms with Crippen LogP contribution in [0.15, 0.2) is 30.3 Å². The zero-order chi connectivity index (χ0) is 12.5. The molecule has 2 N–H and O–H groups in total. The van der Waals surface area contributed by atoms with Crippen molar-refractivity contribution < 1.29 is 14.3 Å². The highest BCUT2D eigenvalue weighted by atomic mass is 16.5. The number of unbranched alkanes of at least 4 members (excludes halogenated alkanes) is 1. The smallest absolute Gasteiger partial charge is 0.322 e. The van der Waals surface area contributed by atoms with E-state index in [-0.39, 0.29) is 5.97 Å². The summed E-state index contributed by atoms with van der Waals surface area (Å²) in [5.74, 6) is 0.513. The normalized spacial score (nSPS) is 11.9. The number of ether oxygens (including phenoxy) is 2. The number of benzene rings is 1. The largest absolute Gasteiger partial charge is 0.494 e. The Morgan fingerprint density at radius 2 is 2.00 bits per heavy atom. The third-order valence-electron chi connectivity index (χ3n) is 2.43. The zero-order valence-electron chi connectivity index (χ0n) is 10.1. The maximum absolute atomic E-state index is 11.0. The summed E-state index contributed by atoms with van der Waals surface area (Å²) in [6.45, 7) is 0.637. The predicted molar refractivity (Wildman–Crippen MR) is 65.8 cm³/mol. The molecule has 94 valence electrons. The number of para-hydroxylation sites is 1. The number of nitrogens with two attached hydrogens (primary N) is 1. The molecule has 0 fully saturated rings. The van der Waals surface area contributed by atoms with E-state index in [1.807, 2.05) is 30.3 Å². The first kappa shape index (κ1) is 13.5. The summed E-state index contributed by atoms with van der Waals surface area (Å²) in [6.07, 6.45) is 2.35. The highest BCUT2D eigenvalue weighted by molar-refractivity contribution is 5.75. The van der Waals surface area contributed by atoms with Crippen LogP contribution in [-0.4, -0.2) is 25.7 Å². The van der Waals surface area contributed by atoms with Crippen molar-refractivity contribution in [3.63, 3.8) is 0 Å². The summed E-state index contributed by atoms with van der Waals surface area (Å²) in [4.78, 5) is 11.0. The summed E-state index contributed by atoms with van der Waals surface area (Å²) in [5.41, 5.74) is 5.61. The van der Waals surface area contributed by atoms with Crippen molar-refractivity contribution in [1.29, 1.82) is 0 Å². The van der Waals surface area contributed by atoms with Gasteiger partial charge in [0.05, 0.1) is 13.7 Å². The lowest BCUT2D eigenvalue weighted by molar-refractivity contribution is -0.142. The summed E-state index contributed by atoms with van der Waals surface area (Å²) < 4.78 is 10.1. The maximum Gasteiger partial charge on any atom is 0.322 e. The average Bonchev–Trinajstić information content (AvgIpc) is 2.38. The number of rotatable bonds is 7. The maximum atomic E-state index is 11.0. The molecule has 0 saturated carbocycles. The Kier molecular flexibility index (Phi) is 6.10. The first-order chi connectivity index (χ1) is 8.24. The number of methoxy groups -OCH3 is 1. The van der Waals surface area contributed by atoms with Crippen LogP contribution >= 0.6 is 0 Å². The predicted octanol–water partition coefficient (Wildman–Crippen LogP) is 1.74. The van der Waals surface area contributed by atoms with Gasteiger partial charge in [-0.3, -0.25) is 4.79 Å². The van der Waals surface area contributed by atoms with E-state index in [0.717, 1.165) is 18.6 Å². The third-order valence-corrected chi connectivity index (χ3v) is 2.43. The topological polar surface area (TPSA) is 61.5 Å². The standard InChI is InChI=1S/C13H19NO3/c1-16-13(15)12(14)9-5-6-10-17-11-7-3-2-4-8-11/h2-4,7-8,12H,5-6,9-10,14H2,1H3. The van der Waals surface area contributed by atoms with Gasteiger partial charge in [-0.05, 0) is 31.4 Å². The van der Waals surface area contributed by atoms with Gasteiger partial charge in [0.15, 0.2) is 0 Å². The third kappa shape index (κ3) is 5.36. The molecule has 0 aliphatic heterocycles. The molecule has 0 radical (unpaired) electrons. The van der Waals surface area contributed by atoms with E-state index in [9.17, 15) is 4.79 Å². The monoisotopic (exact) mass is 237 g/mol. The van der Waals surface area contributed by atoms with Crippen LogP contribution in [0.3, 0.4) is 0 Å². The second-order valence-electron chi connectivity index (χ2n) is 3.79. The molecule has 1 atom stereocenters. The summed E-state index contributed by atoms with van der Waals surface area (Å²) >= 11 is 0. The first-order valence-electron chi connectivity index (χ1n) is 5.75. The SMILES string of the molecule is COC(=O)C(N)CCCCOc1ccccc1. The van der Waals surface area contributed by atoms with Gasteiger partial charge in [-0.15, -0.1) is 0 Å². The molecule has 17 heavy (non-hydrogen) atoms. The van der Waals surface area contributed by atoms with Crippen LogP contribution in [0.5, 0.6) is 5.75 Å². The fraction of sp³-hybridized carbons (Fsp3) is 0.462. The van der Waals surface area contributed by atoms with E-state index < -0.39 is 6.04 Å². The lowest BCUT2D eigenvalue weighted by Crippen LogP contribution is -2.31. The molecule has 0 aromatic heterocycles. The van der Waals surface area contributed by atoms with Gasteiger partial charge in [0.1, 0.15) is 11.8 Å². The van der Waals surface area contributed by atoms with Crippen LogP contribution in [0.25, 0.3) is 0 Å². The molecule has 4 nitrogen and oxygen atoms in total. The summed E-state index contributed by atoms with van der Waals surface area (Å²) in [7, 11) is 1.35. The number of carbonyl (C=O) groups is 1. The second-order valence-corrected chi connectivity index (χ2v) is 3.79. The van der Waals surface area contributed by atoms with Crippen molar-refractivity contribution in [1.82, 2.24) is 0 Å². The molecule has 0 spiro atoms. The Hall–Kier alpha value is -1.55. The molecule has 0 aliphatic carbocycles. The minimum absolute atomic E-state index is 0.353. The quantitative estimate of drug-likeness (QED) is 0.579. The van der Waals surface area contributed by atoms with Gasteiger partial charge in [-0.1, -0.05) is 18.2 Å². The van der Waals surface area contributed by atoms with Crippen molar-refractivity contribution >= 4 is 5.97 Å². The van der Waals surface area contributed by atoms with Gasteiger partial charge in [0.2, 0.25) is 0 Å². The van der Waals surface area contributed by atoms with E-state index in [2.05, 4.69) is 4.74 Å².